The predicted molar refractivity (Wildman–Crippen MR) is 69.8 cm³/mol. The molecule has 2 nitrogen and oxygen atoms in total. The topological polar surface area (TPSA) is 20.3 Å². The van der Waals surface area contributed by atoms with Crippen LogP contribution in [-0.2, 0) is 11.2 Å². The van der Waals surface area contributed by atoms with Crippen molar-refractivity contribution >= 4 is 5.91 Å². The molecule has 0 N–H and O–H groups in total. The minimum absolute atomic E-state index is 0.232. The van der Waals surface area contributed by atoms with E-state index in [9.17, 15) is 4.79 Å². The largest absolute Gasteiger partial charge is 0.337 e. The van der Waals surface area contributed by atoms with Crippen molar-refractivity contribution in [3.63, 3.8) is 0 Å². The lowest BCUT2D eigenvalue weighted by molar-refractivity contribution is -0.131. The summed E-state index contributed by atoms with van der Waals surface area (Å²) in [5, 5.41) is 0. The molecule has 1 amide bonds. The fraction of sp³-hybridized carbons (Fsp3) is 0.533. The maximum absolute atomic E-state index is 11.7. The molecule has 0 radical (unpaired) electrons. The number of nitrogens with zero attached hydrogens (tertiary/aromatic N) is 1. The molecule has 1 aliphatic heterocycles. The first-order valence-electron chi connectivity index (χ1n) is 6.55. The molecule has 0 aromatic heterocycles. The zero-order valence-electron chi connectivity index (χ0n) is 10.7. The van der Waals surface area contributed by atoms with Crippen LogP contribution >= 0.6 is 0 Å². The minimum Gasteiger partial charge on any atom is -0.337 e. The van der Waals surface area contributed by atoms with Crippen molar-refractivity contribution < 1.29 is 4.79 Å². The Balaban J connectivity index is 2.08. The van der Waals surface area contributed by atoms with Crippen molar-refractivity contribution in [3.05, 3.63) is 35.9 Å². The normalized spacial score (nSPS) is 24.0. The first kappa shape index (κ1) is 12.2. The Hall–Kier alpha value is -1.31. The van der Waals surface area contributed by atoms with Gasteiger partial charge in [-0.2, -0.15) is 0 Å². The predicted octanol–water partition coefficient (Wildman–Crippen LogP) is 3.02. The highest BCUT2D eigenvalue weighted by molar-refractivity contribution is 5.74. The lowest BCUT2D eigenvalue weighted by Crippen LogP contribution is -2.40. The van der Waals surface area contributed by atoms with Crippen molar-refractivity contribution in [3.8, 4) is 0 Å². The third-order valence-electron chi connectivity index (χ3n) is 3.77. The van der Waals surface area contributed by atoms with Gasteiger partial charge < -0.3 is 4.90 Å². The maximum atomic E-state index is 11.7. The SMILES string of the molecule is CCC1CC[C@H](Cc2ccccc2)N1C(C)=O. The monoisotopic (exact) mass is 231 g/mol. The standard InChI is InChI=1S/C15H21NO/c1-3-14-9-10-15(16(14)12(2)17)11-13-7-5-4-6-8-13/h4-8,14-15H,3,9-11H2,1-2H3/t14?,15-/m1/s1. The van der Waals surface area contributed by atoms with Crippen LogP contribution in [0.1, 0.15) is 38.7 Å². The summed E-state index contributed by atoms with van der Waals surface area (Å²) < 4.78 is 0. The highest BCUT2D eigenvalue weighted by Gasteiger charge is 2.33. The summed E-state index contributed by atoms with van der Waals surface area (Å²) in [6, 6.07) is 11.3. The van der Waals surface area contributed by atoms with Gasteiger partial charge in [-0.3, -0.25) is 4.79 Å². The van der Waals surface area contributed by atoms with Crippen LogP contribution in [0.3, 0.4) is 0 Å². The van der Waals surface area contributed by atoms with E-state index in [1.165, 1.54) is 5.56 Å². The Morgan fingerprint density at radius 3 is 2.47 bits per heavy atom. The van der Waals surface area contributed by atoms with Crippen LogP contribution in [0.4, 0.5) is 0 Å². The minimum atomic E-state index is 0.232. The fourth-order valence-electron chi connectivity index (χ4n) is 2.96. The van der Waals surface area contributed by atoms with Gasteiger partial charge in [-0.15, -0.1) is 0 Å². The van der Waals surface area contributed by atoms with Crippen LogP contribution in [0.15, 0.2) is 30.3 Å². The van der Waals surface area contributed by atoms with Crippen LogP contribution in [0.2, 0.25) is 0 Å². The molecule has 92 valence electrons. The molecule has 17 heavy (non-hydrogen) atoms. The molecule has 0 saturated carbocycles. The zero-order valence-corrected chi connectivity index (χ0v) is 10.7. The van der Waals surface area contributed by atoms with Gasteiger partial charge in [0.05, 0.1) is 0 Å². The second-order valence-corrected chi connectivity index (χ2v) is 4.91. The van der Waals surface area contributed by atoms with Crippen molar-refractivity contribution in [2.45, 2.75) is 51.6 Å². The molecule has 2 atom stereocenters. The van der Waals surface area contributed by atoms with Crippen molar-refractivity contribution in [2.75, 3.05) is 0 Å². The zero-order chi connectivity index (χ0) is 12.3. The summed E-state index contributed by atoms with van der Waals surface area (Å²) >= 11 is 0. The van der Waals surface area contributed by atoms with Crippen LogP contribution in [-0.4, -0.2) is 22.9 Å². The lowest BCUT2D eigenvalue weighted by Gasteiger charge is -2.29. The summed E-state index contributed by atoms with van der Waals surface area (Å²) in [5.41, 5.74) is 1.33. The number of likely N-dealkylation sites (tertiary alicyclic amines) is 1. The van der Waals surface area contributed by atoms with E-state index < -0.39 is 0 Å². The number of carbonyl (C=O) groups is 1. The Morgan fingerprint density at radius 1 is 1.24 bits per heavy atom. The van der Waals surface area contributed by atoms with E-state index in [0.29, 0.717) is 12.1 Å². The molecule has 0 bridgehead atoms. The molecule has 0 aliphatic carbocycles. The molecule has 1 heterocycles. The Bertz CT molecular complexity index is 374. The summed E-state index contributed by atoms with van der Waals surface area (Å²) in [6.07, 6.45) is 4.38. The number of hydrogen-bond donors (Lipinski definition) is 0. The molecule has 1 aromatic rings. The molecule has 1 fully saturated rings. The Labute approximate surface area is 104 Å². The van der Waals surface area contributed by atoms with Gasteiger partial charge in [0.1, 0.15) is 0 Å². The number of hydrogen-bond acceptors (Lipinski definition) is 1. The second-order valence-electron chi connectivity index (χ2n) is 4.91. The van der Waals surface area contributed by atoms with E-state index >= 15 is 0 Å². The molecule has 1 unspecified atom stereocenters. The van der Waals surface area contributed by atoms with E-state index in [4.69, 9.17) is 0 Å². The summed E-state index contributed by atoms with van der Waals surface area (Å²) in [4.78, 5) is 13.8. The van der Waals surface area contributed by atoms with E-state index in [0.717, 1.165) is 25.7 Å². The van der Waals surface area contributed by atoms with Crippen molar-refractivity contribution in [2.24, 2.45) is 0 Å². The van der Waals surface area contributed by atoms with Gasteiger partial charge >= 0.3 is 0 Å². The van der Waals surface area contributed by atoms with Gasteiger partial charge in [0.15, 0.2) is 0 Å². The number of carbonyl (C=O) groups excluding carboxylic acids is 1. The maximum Gasteiger partial charge on any atom is 0.219 e. The van der Waals surface area contributed by atoms with Crippen LogP contribution in [0.5, 0.6) is 0 Å². The smallest absolute Gasteiger partial charge is 0.219 e. The Morgan fingerprint density at radius 2 is 1.88 bits per heavy atom. The quantitative estimate of drug-likeness (QED) is 0.783. The van der Waals surface area contributed by atoms with Crippen LogP contribution in [0, 0.1) is 0 Å². The van der Waals surface area contributed by atoms with Crippen LogP contribution in [0.25, 0.3) is 0 Å². The van der Waals surface area contributed by atoms with Gasteiger partial charge in [-0.25, -0.2) is 0 Å². The highest BCUT2D eigenvalue weighted by atomic mass is 16.2. The van der Waals surface area contributed by atoms with Gasteiger partial charge in [0, 0.05) is 19.0 Å². The third kappa shape index (κ3) is 2.68. The third-order valence-corrected chi connectivity index (χ3v) is 3.77. The molecule has 0 spiro atoms. The van der Waals surface area contributed by atoms with Gasteiger partial charge in [-0.05, 0) is 31.2 Å². The van der Waals surface area contributed by atoms with Crippen molar-refractivity contribution in [1.29, 1.82) is 0 Å². The van der Waals surface area contributed by atoms with E-state index in [1.807, 2.05) is 6.07 Å². The van der Waals surface area contributed by atoms with Gasteiger partial charge in [0.25, 0.3) is 0 Å². The molecule has 2 rings (SSSR count). The molecule has 2 heteroatoms. The highest BCUT2D eigenvalue weighted by Crippen LogP contribution is 2.28. The Kier molecular flexibility index (Phi) is 3.82. The number of amides is 1. The fourth-order valence-corrected chi connectivity index (χ4v) is 2.96. The summed E-state index contributed by atoms with van der Waals surface area (Å²) in [7, 11) is 0. The molecule has 1 saturated heterocycles. The van der Waals surface area contributed by atoms with E-state index in [1.54, 1.807) is 6.92 Å². The summed E-state index contributed by atoms with van der Waals surface area (Å²) in [6.45, 7) is 3.87. The van der Waals surface area contributed by atoms with Crippen molar-refractivity contribution in [1.82, 2.24) is 4.90 Å². The lowest BCUT2D eigenvalue weighted by atomic mass is 10.0. The molecule has 1 aliphatic rings. The second kappa shape index (κ2) is 5.35. The molecule has 1 aromatic carbocycles. The van der Waals surface area contributed by atoms with Crippen LogP contribution < -0.4 is 0 Å². The average molecular weight is 231 g/mol. The van der Waals surface area contributed by atoms with Gasteiger partial charge in [0.2, 0.25) is 5.91 Å². The number of rotatable bonds is 3. The molecular weight excluding hydrogens is 210 g/mol. The average Bonchev–Trinajstić information content (AvgIpc) is 2.73. The summed E-state index contributed by atoms with van der Waals surface area (Å²) in [5.74, 6) is 0.232. The van der Waals surface area contributed by atoms with E-state index in [2.05, 4.69) is 36.1 Å². The molecular formula is C15H21NO. The van der Waals surface area contributed by atoms with E-state index in [-0.39, 0.29) is 5.91 Å². The number of benzene rings is 1. The first-order chi connectivity index (χ1) is 8.22. The van der Waals surface area contributed by atoms with Gasteiger partial charge in [-0.1, -0.05) is 37.3 Å². The first-order valence-corrected chi connectivity index (χ1v) is 6.55.